The molecular weight excluding hydrogens is 471 g/mol. The molecule has 0 radical (unpaired) electrons. The van der Waals surface area contributed by atoms with Crippen LogP contribution in [0.2, 0.25) is 10.0 Å². The van der Waals surface area contributed by atoms with E-state index in [0.717, 1.165) is 31.3 Å². The molecule has 4 rings (SSSR count). The minimum atomic E-state index is -0.283. The van der Waals surface area contributed by atoms with Crippen molar-refractivity contribution in [2.75, 3.05) is 6.54 Å². The van der Waals surface area contributed by atoms with Gasteiger partial charge in [-0.2, -0.15) is 0 Å². The smallest absolute Gasteiger partial charge is 0.263 e. The van der Waals surface area contributed by atoms with Gasteiger partial charge in [-0.3, -0.25) is 9.59 Å². The van der Waals surface area contributed by atoms with Crippen LogP contribution in [0, 0.1) is 13.8 Å². The maximum absolute atomic E-state index is 12.7. The second-order valence-corrected chi connectivity index (χ2v) is 10.4. The van der Waals surface area contributed by atoms with Crippen LogP contribution in [0.25, 0.3) is 20.2 Å². The lowest BCUT2D eigenvalue weighted by Gasteiger charge is -2.14. The Hall–Kier alpha value is -2.12. The molecule has 31 heavy (non-hydrogen) atoms. The van der Waals surface area contributed by atoms with Crippen molar-refractivity contribution >= 4 is 77.9 Å². The summed E-state index contributed by atoms with van der Waals surface area (Å²) in [6.45, 7) is 6.11. The molecule has 160 valence electrons. The normalized spacial score (nSPS) is 12.3. The Morgan fingerprint density at radius 2 is 1.35 bits per heavy atom. The van der Waals surface area contributed by atoms with Crippen LogP contribution in [-0.2, 0) is 0 Å². The van der Waals surface area contributed by atoms with Crippen LogP contribution < -0.4 is 10.6 Å². The SMILES string of the molecule is Cc1ccc2c(Cl)c(C(=O)NC[C@H](C)NC(=O)c3sc4cc(C)ccc4c3Cl)sc2c1. The molecule has 0 bridgehead atoms. The number of benzene rings is 2. The number of nitrogens with one attached hydrogen (secondary N) is 2. The topological polar surface area (TPSA) is 58.2 Å². The highest BCUT2D eigenvalue weighted by atomic mass is 35.5. The fourth-order valence-corrected chi connectivity index (χ4v) is 6.35. The van der Waals surface area contributed by atoms with Gasteiger partial charge in [0, 0.05) is 32.8 Å². The predicted octanol–water partition coefficient (Wildman–Crippen LogP) is 6.59. The first-order chi connectivity index (χ1) is 14.7. The van der Waals surface area contributed by atoms with Gasteiger partial charge in [-0.15, -0.1) is 22.7 Å². The fraction of sp³-hybridized carbons (Fsp3) is 0.217. The van der Waals surface area contributed by atoms with Gasteiger partial charge in [0.1, 0.15) is 9.75 Å². The minimum absolute atomic E-state index is 0.249. The molecular formula is C23H20Cl2N2O2S2. The van der Waals surface area contributed by atoms with E-state index < -0.39 is 0 Å². The highest BCUT2D eigenvalue weighted by Crippen LogP contribution is 2.36. The molecule has 2 amide bonds. The van der Waals surface area contributed by atoms with E-state index in [2.05, 4.69) is 10.6 Å². The number of hydrogen-bond donors (Lipinski definition) is 2. The average molecular weight is 491 g/mol. The third-order valence-corrected chi connectivity index (χ3v) is 8.24. The quantitative estimate of drug-likeness (QED) is 0.331. The number of halogens is 2. The molecule has 4 aromatic rings. The summed E-state index contributed by atoms with van der Waals surface area (Å²) in [5, 5.41) is 8.44. The highest BCUT2D eigenvalue weighted by Gasteiger charge is 2.21. The number of amides is 2. The number of hydrogen-bond acceptors (Lipinski definition) is 4. The van der Waals surface area contributed by atoms with Crippen molar-refractivity contribution in [1.29, 1.82) is 0 Å². The van der Waals surface area contributed by atoms with Gasteiger partial charge in [-0.05, 0) is 44.0 Å². The molecule has 1 atom stereocenters. The van der Waals surface area contributed by atoms with E-state index in [-0.39, 0.29) is 24.4 Å². The van der Waals surface area contributed by atoms with E-state index in [1.165, 1.54) is 22.7 Å². The van der Waals surface area contributed by atoms with Crippen LogP contribution in [0.5, 0.6) is 0 Å². The molecule has 0 saturated heterocycles. The second kappa shape index (κ2) is 8.79. The lowest BCUT2D eigenvalue weighted by Crippen LogP contribution is -2.41. The number of carbonyl (C=O) groups is 2. The zero-order valence-electron chi connectivity index (χ0n) is 17.1. The molecule has 4 nitrogen and oxygen atoms in total. The monoisotopic (exact) mass is 490 g/mol. The van der Waals surface area contributed by atoms with Crippen molar-refractivity contribution in [1.82, 2.24) is 10.6 Å². The second-order valence-electron chi connectivity index (χ2n) is 7.57. The lowest BCUT2D eigenvalue weighted by atomic mass is 10.2. The predicted molar refractivity (Wildman–Crippen MR) is 132 cm³/mol. The van der Waals surface area contributed by atoms with Crippen molar-refractivity contribution in [2.45, 2.75) is 26.8 Å². The molecule has 2 aromatic carbocycles. The van der Waals surface area contributed by atoms with Crippen molar-refractivity contribution in [3.8, 4) is 0 Å². The average Bonchev–Trinajstić information content (AvgIpc) is 3.22. The van der Waals surface area contributed by atoms with Gasteiger partial charge in [0.15, 0.2) is 0 Å². The van der Waals surface area contributed by atoms with Gasteiger partial charge in [-0.25, -0.2) is 0 Å². The van der Waals surface area contributed by atoms with Gasteiger partial charge >= 0.3 is 0 Å². The van der Waals surface area contributed by atoms with Crippen LogP contribution in [0.3, 0.4) is 0 Å². The minimum Gasteiger partial charge on any atom is -0.349 e. The van der Waals surface area contributed by atoms with E-state index in [9.17, 15) is 9.59 Å². The number of rotatable bonds is 5. The Bertz CT molecular complexity index is 1330. The van der Waals surface area contributed by atoms with Crippen molar-refractivity contribution in [3.05, 3.63) is 67.3 Å². The Morgan fingerprint density at radius 1 is 0.871 bits per heavy atom. The molecule has 0 spiro atoms. The van der Waals surface area contributed by atoms with Crippen molar-refractivity contribution in [3.63, 3.8) is 0 Å². The molecule has 0 saturated carbocycles. The first-order valence-corrected chi connectivity index (χ1v) is 12.1. The largest absolute Gasteiger partial charge is 0.349 e. The maximum atomic E-state index is 12.7. The van der Waals surface area contributed by atoms with E-state index >= 15 is 0 Å². The van der Waals surface area contributed by atoms with E-state index in [4.69, 9.17) is 23.2 Å². The summed E-state index contributed by atoms with van der Waals surface area (Å²) in [5.41, 5.74) is 2.23. The molecule has 0 aliphatic heterocycles. The molecule has 2 aromatic heterocycles. The van der Waals surface area contributed by atoms with Crippen LogP contribution in [0.1, 0.15) is 37.4 Å². The van der Waals surface area contributed by atoms with Crippen LogP contribution in [0.15, 0.2) is 36.4 Å². The number of carbonyl (C=O) groups excluding carboxylic acids is 2. The maximum Gasteiger partial charge on any atom is 0.263 e. The Balaban J connectivity index is 1.42. The summed E-state index contributed by atoms with van der Waals surface area (Å²) in [6.07, 6.45) is 0. The number of aryl methyl sites for hydroxylation is 2. The fourth-order valence-electron chi connectivity index (χ4n) is 3.30. The first kappa shape index (κ1) is 22.1. The summed E-state index contributed by atoms with van der Waals surface area (Å²) < 4.78 is 1.96. The standard InChI is InChI=1S/C23H20Cl2N2O2S2/c1-11-4-6-14-16(8-11)30-20(18(14)24)22(28)26-10-13(3)27-23(29)21-19(25)15-7-5-12(2)9-17(15)31-21/h4-9,13H,10H2,1-3H3,(H,26,28)(H,27,29)/t13-/m0/s1. The van der Waals surface area contributed by atoms with Gasteiger partial charge in [0.05, 0.1) is 10.0 Å². The van der Waals surface area contributed by atoms with E-state index in [0.29, 0.717) is 19.8 Å². The van der Waals surface area contributed by atoms with Crippen LogP contribution >= 0.6 is 45.9 Å². The number of thiophene rings is 2. The third-order valence-electron chi connectivity index (χ3n) is 4.93. The van der Waals surface area contributed by atoms with Crippen molar-refractivity contribution in [2.24, 2.45) is 0 Å². The molecule has 2 N–H and O–H groups in total. The van der Waals surface area contributed by atoms with Gasteiger partial charge < -0.3 is 10.6 Å². The summed E-state index contributed by atoms with van der Waals surface area (Å²) in [7, 11) is 0. The summed E-state index contributed by atoms with van der Waals surface area (Å²) in [6, 6.07) is 11.6. The molecule has 2 heterocycles. The van der Waals surface area contributed by atoms with E-state index in [1.807, 2.05) is 57.2 Å². The first-order valence-electron chi connectivity index (χ1n) is 9.71. The molecule has 0 aliphatic rings. The zero-order valence-corrected chi connectivity index (χ0v) is 20.3. The molecule has 0 unspecified atom stereocenters. The summed E-state index contributed by atoms with van der Waals surface area (Å²) in [5.74, 6) is -0.499. The van der Waals surface area contributed by atoms with Gasteiger partial charge in [0.2, 0.25) is 0 Å². The number of fused-ring (bicyclic) bond motifs is 2. The third kappa shape index (κ3) is 4.44. The van der Waals surface area contributed by atoms with Crippen molar-refractivity contribution < 1.29 is 9.59 Å². The Labute approximate surface area is 198 Å². The highest BCUT2D eigenvalue weighted by molar-refractivity contribution is 7.22. The summed E-state index contributed by atoms with van der Waals surface area (Å²) >= 11 is 15.6. The van der Waals surface area contributed by atoms with Gasteiger partial charge in [0.25, 0.3) is 11.8 Å². The molecule has 0 fully saturated rings. The van der Waals surface area contributed by atoms with Gasteiger partial charge in [-0.1, -0.05) is 47.5 Å². The zero-order chi connectivity index (χ0) is 22.3. The Kier molecular flexibility index (Phi) is 6.26. The molecule has 8 heteroatoms. The summed E-state index contributed by atoms with van der Waals surface area (Å²) in [4.78, 5) is 26.3. The van der Waals surface area contributed by atoms with Crippen LogP contribution in [0.4, 0.5) is 0 Å². The van der Waals surface area contributed by atoms with Crippen LogP contribution in [-0.4, -0.2) is 24.4 Å². The molecule has 0 aliphatic carbocycles. The lowest BCUT2D eigenvalue weighted by molar-refractivity contribution is 0.0916. The Morgan fingerprint density at radius 3 is 1.87 bits per heavy atom. The van der Waals surface area contributed by atoms with E-state index in [1.54, 1.807) is 0 Å².